The van der Waals surface area contributed by atoms with Crippen molar-refractivity contribution in [3.8, 4) is 0 Å². The summed E-state index contributed by atoms with van der Waals surface area (Å²) in [6.45, 7) is 5.63. The van der Waals surface area contributed by atoms with Gasteiger partial charge in [0.05, 0.1) is 18.9 Å². The Balaban J connectivity index is 0. The Kier molecular flexibility index (Phi) is 18.2. The van der Waals surface area contributed by atoms with E-state index >= 15 is 0 Å². The van der Waals surface area contributed by atoms with Crippen LogP contribution in [0, 0.1) is 0 Å². The van der Waals surface area contributed by atoms with Gasteiger partial charge in [-0.15, -0.1) is 0 Å². The van der Waals surface area contributed by atoms with E-state index in [9.17, 15) is 0 Å². The van der Waals surface area contributed by atoms with Crippen LogP contribution < -0.4 is 51.4 Å². The number of unbranched alkanes of at least 4 members (excludes halogenated alkanes) is 4. The van der Waals surface area contributed by atoms with E-state index in [-0.39, 0.29) is 51.4 Å². The van der Waals surface area contributed by atoms with E-state index in [1.54, 1.807) is 0 Å². The Bertz CT molecular complexity index is 178. The van der Waals surface area contributed by atoms with Crippen molar-refractivity contribution in [2.75, 3.05) is 13.2 Å². The van der Waals surface area contributed by atoms with Crippen LogP contribution in [0.1, 0.15) is 52.4 Å². The van der Waals surface area contributed by atoms with Crippen molar-refractivity contribution in [1.82, 2.24) is 0 Å². The normalized spacial score (nSPS) is 11.2. The molecule has 0 aliphatic carbocycles. The fraction of sp³-hybridized carbons (Fsp3) is 1.00. The minimum atomic E-state index is -2.36. The number of rotatable bonds is 10. The molecule has 0 aliphatic rings. The smallest absolute Gasteiger partial charge is 0.691 e. The van der Waals surface area contributed by atoms with Gasteiger partial charge in [-0.05, 0) is 12.8 Å². The van der Waals surface area contributed by atoms with Crippen molar-refractivity contribution >= 4 is 29.7 Å². The van der Waals surface area contributed by atoms with Crippen LogP contribution in [0.3, 0.4) is 0 Å². The van der Waals surface area contributed by atoms with E-state index in [1.807, 2.05) is 0 Å². The maximum absolute atomic E-state index is 5.43. The summed E-state index contributed by atoms with van der Waals surface area (Å²) >= 11 is 10.2. The zero-order valence-corrected chi connectivity index (χ0v) is 16.4. The van der Waals surface area contributed by atoms with Crippen molar-refractivity contribution in [2.45, 2.75) is 52.4 Å². The topological polar surface area (TPSA) is 18.5 Å². The predicted octanol–water partition coefficient (Wildman–Crippen LogP) is 1.18. The standard InChI is InChI=1S/C10H23O2PS2.K/c1-3-5-7-9-11-13(14,15)12-10-8-6-4-2;/h3-10H2,1-2H3,(H,14,15);/q;+1/p-1. The zero-order valence-electron chi connectivity index (χ0n) is 10.7. The average molecular weight is 308 g/mol. The molecular weight excluding hydrogens is 286 g/mol. The molecule has 6 heteroatoms. The molecule has 0 bridgehead atoms. The van der Waals surface area contributed by atoms with Gasteiger partial charge in [0.1, 0.15) is 0 Å². The van der Waals surface area contributed by atoms with Gasteiger partial charge in [-0.3, -0.25) is 0 Å². The molecule has 0 aromatic rings. The van der Waals surface area contributed by atoms with Crippen LogP contribution >= 0.6 is 5.69 Å². The third kappa shape index (κ3) is 14.6. The molecule has 0 aliphatic heterocycles. The van der Waals surface area contributed by atoms with Gasteiger partial charge >= 0.3 is 51.4 Å². The summed E-state index contributed by atoms with van der Waals surface area (Å²) in [7, 11) is 0. The number of hydrogen-bond acceptors (Lipinski definition) is 4. The Morgan fingerprint density at radius 2 is 1.31 bits per heavy atom. The summed E-state index contributed by atoms with van der Waals surface area (Å²) in [6.07, 6.45) is 6.76. The van der Waals surface area contributed by atoms with E-state index in [0.29, 0.717) is 13.2 Å². The summed E-state index contributed by atoms with van der Waals surface area (Å²) in [5.41, 5.74) is -2.36. The summed E-state index contributed by atoms with van der Waals surface area (Å²) in [5, 5.41) is 0. The first-order valence-corrected chi connectivity index (χ1v) is 9.37. The molecule has 0 unspecified atom stereocenters. The van der Waals surface area contributed by atoms with Gasteiger partial charge in [0.15, 0.2) is 0 Å². The second-order valence-electron chi connectivity index (χ2n) is 3.53. The predicted molar refractivity (Wildman–Crippen MR) is 72.6 cm³/mol. The first-order valence-electron chi connectivity index (χ1n) is 5.72. The molecule has 0 N–H and O–H groups in total. The van der Waals surface area contributed by atoms with Gasteiger partial charge in [0.25, 0.3) is 0 Å². The molecule has 0 aromatic heterocycles. The Hall–Kier alpha value is 2.56. The van der Waals surface area contributed by atoms with Crippen molar-refractivity contribution < 1.29 is 60.4 Å². The van der Waals surface area contributed by atoms with Crippen LogP contribution in [0.4, 0.5) is 0 Å². The van der Waals surface area contributed by atoms with Gasteiger partial charge in [-0.1, -0.05) is 51.3 Å². The molecule has 0 fully saturated rings. The molecule has 92 valence electrons. The van der Waals surface area contributed by atoms with Crippen molar-refractivity contribution in [3.63, 3.8) is 0 Å². The van der Waals surface area contributed by atoms with Gasteiger partial charge in [-0.2, -0.15) is 0 Å². The molecule has 0 radical (unpaired) electrons. The zero-order chi connectivity index (χ0) is 11.6. The van der Waals surface area contributed by atoms with Crippen LogP contribution in [0.5, 0.6) is 0 Å². The van der Waals surface area contributed by atoms with E-state index in [4.69, 9.17) is 33.1 Å². The average Bonchev–Trinajstić information content (AvgIpc) is 2.20. The third-order valence-corrected chi connectivity index (χ3v) is 4.26. The molecule has 0 aromatic carbocycles. The maximum atomic E-state index is 5.43. The van der Waals surface area contributed by atoms with Crippen LogP contribution in [-0.2, 0) is 33.1 Å². The van der Waals surface area contributed by atoms with Crippen molar-refractivity contribution in [2.24, 2.45) is 0 Å². The summed E-state index contributed by atoms with van der Waals surface area (Å²) in [4.78, 5) is 0. The third-order valence-electron chi connectivity index (χ3n) is 1.99. The summed E-state index contributed by atoms with van der Waals surface area (Å²) < 4.78 is 10.9. The van der Waals surface area contributed by atoms with E-state index < -0.39 is 5.69 Å². The first-order chi connectivity index (χ1) is 7.12. The Morgan fingerprint density at radius 3 is 1.62 bits per heavy atom. The van der Waals surface area contributed by atoms with E-state index in [0.717, 1.165) is 12.8 Å². The minimum Gasteiger partial charge on any atom is -0.691 e. The van der Waals surface area contributed by atoms with Gasteiger partial charge in [0.2, 0.25) is 0 Å². The molecule has 0 amide bonds. The van der Waals surface area contributed by atoms with Gasteiger partial charge in [0, 0.05) is 0 Å². The Morgan fingerprint density at radius 1 is 0.938 bits per heavy atom. The molecule has 0 saturated heterocycles. The maximum Gasteiger partial charge on any atom is 1.00 e. The van der Waals surface area contributed by atoms with E-state index in [2.05, 4.69) is 13.8 Å². The Labute approximate surface area is 153 Å². The monoisotopic (exact) mass is 308 g/mol. The molecule has 0 saturated carbocycles. The molecule has 2 nitrogen and oxygen atoms in total. The second kappa shape index (κ2) is 14.0. The van der Waals surface area contributed by atoms with Crippen LogP contribution in [-0.4, -0.2) is 13.2 Å². The summed E-state index contributed by atoms with van der Waals surface area (Å²) in [5.74, 6) is 0. The largest absolute Gasteiger partial charge is 1.00 e. The van der Waals surface area contributed by atoms with Crippen LogP contribution in [0.25, 0.3) is 0 Å². The molecule has 0 heterocycles. The molecule has 0 atom stereocenters. The molecule has 0 spiro atoms. The SMILES string of the molecule is CCCCCOP(=S)([S-])OCCCCC.[K+]. The fourth-order valence-electron chi connectivity index (χ4n) is 1.09. The summed E-state index contributed by atoms with van der Waals surface area (Å²) in [6, 6.07) is 0. The minimum absolute atomic E-state index is 0. The quantitative estimate of drug-likeness (QED) is 0.261. The van der Waals surface area contributed by atoms with Gasteiger partial charge < -0.3 is 21.3 Å². The van der Waals surface area contributed by atoms with Gasteiger partial charge in [-0.25, -0.2) is 0 Å². The number of hydrogen-bond donors (Lipinski definition) is 0. The fourth-order valence-corrected chi connectivity index (χ4v) is 2.77. The molecule has 0 rings (SSSR count). The first kappa shape index (κ1) is 20.9. The second-order valence-corrected chi connectivity index (χ2v) is 8.52. The van der Waals surface area contributed by atoms with Crippen molar-refractivity contribution in [1.29, 1.82) is 0 Å². The van der Waals surface area contributed by atoms with E-state index in [1.165, 1.54) is 25.7 Å². The van der Waals surface area contributed by atoms with Crippen LogP contribution in [0.2, 0.25) is 0 Å². The molecular formula is C10H22KO2PS2. The van der Waals surface area contributed by atoms with Crippen molar-refractivity contribution in [3.05, 3.63) is 0 Å². The molecule has 16 heavy (non-hydrogen) atoms. The van der Waals surface area contributed by atoms with Crippen LogP contribution in [0.15, 0.2) is 0 Å².